The summed E-state index contributed by atoms with van der Waals surface area (Å²) in [6, 6.07) is 9.54. The van der Waals surface area contributed by atoms with Crippen molar-refractivity contribution in [2.45, 2.75) is 13.0 Å². The van der Waals surface area contributed by atoms with Gasteiger partial charge in [0.15, 0.2) is 11.5 Å². The van der Waals surface area contributed by atoms with Crippen LogP contribution in [0.15, 0.2) is 42.6 Å². The Morgan fingerprint density at radius 2 is 1.94 bits per heavy atom. The molecule has 0 radical (unpaired) electrons. The fourth-order valence-corrected chi connectivity index (χ4v) is 3.90. The summed E-state index contributed by atoms with van der Waals surface area (Å²) in [7, 11) is 0. The molecule has 8 nitrogen and oxygen atoms in total. The summed E-state index contributed by atoms with van der Waals surface area (Å²) >= 11 is 0. The molecule has 0 aliphatic carbocycles. The summed E-state index contributed by atoms with van der Waals surface area (Å²) in [4.78, 5) is 22.6. The van der Waals surface area contributed by atoms with Crippen molar-refractivity contribution in [3.8, 4) is 11.5 Å². The van der Waals surface area contributed by atoms with E-state index in [4.69, 9.17) is 4.74 Å². The van der Waals surface area contributed by atoms with Gasteiger partial charge in [-0.3, -0.25) is 14.8 Å². The highest BCUT2D eigenvalue weighted by Crippen LogP contribution is 2.26. The molecule has 1 saturated heterocycles. The molecule has 3 N–H and O–H groups in total. The normalized spacial score (nSPS) is 14.6. The highest BCUT2D eigenvalue weighted by Gasteiger charge is 2.18. The summed E-state index contributed by atoms with van der Waals surface area (Å²) in [6.45, 7) is 4.10. The summed E-state index contributed by atoms with van der Waals surface area (Å²) < 4.78 is 33.1. The third-order valence-electron chi connectivity index (χ3n) is 5.60. The van der Waals surface area contributed by atoms with Crippen LogP contribution in [0, 0.1) is 11.6 Å². The van der Waals surface area contributed by atoms with Crippen LogP contribution in [0.5, 0.6) is 0 Å². The van der Waals surface area contributed by atoms with Gasteiger partial charge in [-0.1, -0.05) is 12.1 Å². The fraction of sp³-hybridized carbons (Fsp3) is 0.261. The van der Waals surface area contributed by atoms with Crippen LogP contribution in [0.3, 0.4) is 0 Å². The lowest BCUT2D eigenvalue weighted by molar-refractivity contribution is -0.115. The molecule has 5 rings (SSSR count). The van der Waals surface area contributed by atoms with Crippen LogP contribution in [0.2, 0.25) is 0 Å². The quantitative estimate of drug-likeness (QED) is 0.417. The van der Waals surface area contributed by atoms with Crippen LogP contribution in [0.4, 0.5) is 14.5 Å². The zero-order valence-electron chi connectivity index (χ0n) is 17.7. The third kappa shape index (κ3) is 4.62. The number of carbonyl (C=O) groups is 1. The standard InChI is InChI=1S/C23H22F2N6O2/c24-16-2-1-3-17(25)15(16)11-21(32)27-20-12-26-30-22(20)23-28-18-5-4-14(10-19(18)29-23)13-31-6-8-33-9-7-31/h1-5,10,12H,6-9,11,13H2,(H,26,30)(H,27,32)(H,28,29). The molecule has 2 aromatic heterocycles. The number of fused-ring (bicyclic) bond motifs is 1. The number of benzene rings is 2. The maximum atomic E-state index is 13.9. The number of morpholine rings is 1. The molecule has 170 valence electrons. The zero-order valence-corrected chi connectivity index (χ0v) is 17.7. The van der Waals surface area contributed by atoms with Crippen LogP contribution < -0.4 is 5.32 Å². The number of ether oxygens (including phenoxy) is 1. The number of aromatic nitrogens is 4. The van der Waals surface area contributed by atoms with Crippen LogP contribution in [0.25, 0.3) is 22.6 Å². The molecule has 0 unspecified atom stereocenters. The van der Waals surface area contributed by atoms with Gasteiger partial charge in [-0.15, -0.1) is 0 Å². The van der Waals surface area contributed by atoms with E-state index in [1.807, 2.05) is 12.1 Å². The topological polar surface area (TPSA) is 98.9 Å². The summed E-state index contributed by atoms with van der Waals surface area (Å²) in [6.07, 6.45) is 1.07. The van der Waals surface area contributed by atoms with Crippen LogP contribution in [-0.2, 0) is 22.5 Å². The zero-order chi connectivity index (χ0) is 22.8. The number of hydrogen-bond donors (Lipinski definition) is 3. The van der Waals surface area contributed by atoms with E-state index < -0.39 is 24.0 Å². The van der Waals surface area contributed by atoms with E-state index >= 15 is 0 Å². The lowest BCUT2D eigenvalue weighted by Crippen LogP contribution is -2.35. The van der Waals surface area contributed by atoms with Crippen molar-refractivity contribution >= 4 is 22.6 Å². The first kappa shape index (κ1) is 21.2. The number of aromatic amines is 2. The number of amides is 1. The van der Waals surface area contributed by atoms with Gasteiger partial charge in [0.2, 0.25) is 5.91 Å². The number of halogens is 2. The third-order valence-corrected chi connectivity index (χ3v) is 5.60. The van der Waals surface area contributed by atoms with Gasteiger partial charge in [-0.2, -0.15) is 5.10 Å². The maximum Gasteiger partial charge on any atom is 0.229 e. The maximum absolute atomic E-state index is 13.9. The highest BCUT2D eigenvalue weighted by atomic mass is 19.1. The average Bonchev–Trinajstić information content (AvgIpc) is 3.43. The second-order valence-corrected chi connectivity index (χ2v) is 7.90. The second kappa shape index (κ2) is 9.08. The molecule has 3 heterocycles. The Morgan fingerprint density at radius 1 is 1.15 bits per heavy atom. The van der Waals surface area contributed by atoms with E-state index in [9.17, 15) is 13.6 Å². The Labute approximate surface area is 188 Å². The first-order valence-electron chi connectivity index (χ1n) is 10.6. The minimum atomic E-state index is -0.761. The Morgan fingerprint density at radius 3 is 2.73 bits per heavy atom. The lowest BCUT2D eigenvalue weighted by atomic mass is 10.1. The molecule has 1 aliphatic rings. The van der Waals surface area contributed by atoms with Crippen molar-refractivity contribution in [2.24, 2.45) is 0 Å². The Hall–Kier alpha value is -3.63. The van der Waals surface area contributed by atoms with Gasteiger partial charge in [0.05, 0.1) is 36.4 Å². The van der Waals surface area contributed by atoms with Crippen molar-refractivity contribution in [2.75, 3.05) is 31.6 Å². The predicted molar refractivity (Wildman–Crippen MR) is 118 cm³/mol. The van der Waals surface area contributed by atoms with Crippen molar-refractivity contribution in [3.05, 3.63) is 65.4 Å². The number of nitrogens with one attached hydrogen (secondary N) is 3. The van der Waals surface area contributed by atoms with Crippen LogP contribution in [0.1, 0.15) is 11.1 Å². The smallest absolute Gasteiger partial charge is 0.229 e. The van der Waals surface area contributed by atoms with Crippen molar-refractivity contribution in [1.82, 2.24) is 25.1 Å². The molecule has 0 atom stereocenters. The first-order valence-corrected chi connectivity index (χ1v) is 10.6. The molecular weight excluding hydrogens is 430 g/mol. The number of hydrogen-bond acceptors (Lipinski definition) is 5. The van der Waals surface area contributed by atoms with Gasteiger partial charge in [0.1, 0.15) is 11.6 Å². The largest absolute Gasteiger partial charge is 0.379 e. The Balaban J connectivity index is 1.33. The van der Waals surface area contributed by atoms with Gasteiger partial charge in [-0.05, 0) is 29.8 Å². The SMILES string of the molecule is O=C(Cc1c(F)cccc1F)Nc1c[nH]nc1-c1nc2cc(CN3CCOCC3)ccc2[nH]1. The van der Waals surface area contributed by atoms with E-state index in [-0.39, 0.29) is 5.56 Å². The van der Waals surface area contributed by atoms with E-state index in [0.717, 1.165) is 61.6 Å². The van der Waals surface area contributed by atoms with Gasteiger partial charge in [0.25, 0.3) is 0 Å². The van der Waals surface area contributed by atoms with Crippen molar-refractivity contribution in [1.29, 1.82) is 0 Å². The van der Waals surface area contributed by atoms with Gasteiger partial charge in [0, 0.05) is 31.4 Å². The number of rotatable bonds is 6. The molecule has 1 fully saturated rings. The summed E-state index contributed by atoms with van der Waals surface area (Å²) in [5.41, 5.74) is 3.25. The second-order valence-electron chi connectivity index (χ2n) is 7.90. The number of anilines is 1. The predicted octanol–water partition coefficient (Wildman–Crippen LogP) is 3.24. The van der Waals surface area contributed by atoms with Crippen molar-refractivity contribution < 1.29 is 18.3 Å². The number of carbonyl (C=O) groups excluding carboxylic acids is 1. The van der Waals surface area contributed by atoms with E-state index in [2.05, 4.69) is 36.4 Å². The first-order chi connectivity index (χ1) is 16.1. The minimum Gasteiger partial charge on any atom is -0.379 e. The van der Waals surface area contributed by atoms with Crippen LogP contribution in [-0.4, -0.2) is 57.3 Å². The molecule has 4 aromatic rings. The van der Waals surface area contributed by atoms with Crippen LogP contribution >= 0.6 is 0 Å². The van der Waals surface area contributed by atoms with E-state index in [1.54, 1.807) is 0 Å². The summed E-state index contributed by atoms with van der Waals surface area (Å²) in [5, 5.41) is 9.55. The number of H-pyrrole nitrogens is 2. The molecular formula is C23H22F2N6O2. The van der Waals surface area contributed by atoms with Gasteiger partial charge < -0.3 is 15.0 Å². The van der Waals surface area contributed by atoms with Gasteiger partial charge in [-0.25, -0.2) is 13.8 Å². The molecule has 1 amide bonds. The molecule has 2 aromatic carbocycles. The Kier molecular flexibility index (Phi) is 5.84. The molecule has 0 spiro atoms. The van der Waals surface area contributed by atoms with Crippen molar-refractivity contribution in [3.63, 3.8) is 0 Å². The number of nitrogens with zero attached hydrogens (tertiary/aromatic N) is 3. The monoisotopic (exact) mass is 452 g/mol. The molecule has 10 heteroatoms. The average molecular weight is 452 g/mol. The molecule has 1 aliphatic heterocycles. The molecule has 33 heavy (non-hydrogen) atoms. The summed E-state index contributed by atoms with van der Waals surface area (Å²) in [5.74, 6) is -1.61. The Bertz CT molecular complexity index is 1280. The molecule has 0 bridgehead atoms. The van der Waals surface area contributed by atoms with E-state index in [0.29, 0.717) is 17.2 Å². The molecule has 0 saturated carbocycles. The van der Waals surface area contributed by atoms with E-state index in [1.165, 1.54) is 12.3 Å². The fourth-order valence-electron chi connectivity index (χ4n) is 3.90. The lowest BCUT2D eigenvalue weighted by Gasteiger charge is -2.26. The number of imidazole rings is 1. The highest BCUT2D eigenvalue weighted by molar-refractivity contribution is 5.95. The minimum absolute atomic E-state index is 0.281. The van der Waals surface area contributed by atoms with Gasteiger partial charge >= 0.3 is 0 Å².